The Morgan fingerprint density at radius 1 is 1.04 bits per heavy atom. The molecule has 2 saturated carbocycles. The third kappa shape index (κ3) is 5.05. The van der Waals surface area contributed by atoms with Crippen molar-refractivity contribution in [3.8, 4) is 0 Å². The van der Waals surface area contributed by atoms with Crippen molar-refractivity contribution in [2.75, 3.05) is 5.32 Å². The van der Waals surface area contributed by atoms with Crippen LogP contribution in [0, 0.1) is 34.4 Å². The van der Waals surface area contributed by atoms with Crippen molar-refractivity contribution in [2.24, 2.45) is 28.6 Å². The molecule has 3 N–H and O–H groups in total. The number of aliphatic hydroxyl groups is 2. The lowest BCUT2D eigenvalue weighted by atomic mass is 9.40. The summed E-state index contributed by atoms with van der Waals surface area (Å²) in [6.07, 6.45) is 10.9. The quantitative estimate of drug-likeness (QED) is 0.136. The van der Waals surface area contributed by atoms with E-state index in [1.54, 1.807) is 13.0 Å². The third-order valence-corrected chi connectivity index (χ3v) is 15.9. The van der Waals surface area contributed by atoms with Gasteiger partial charge in [0, 0.05) is 44.7 Å². The maximum atomic E-state index is 15.0. The van der Waals surface area contributed by atoms with Gasteiger partial charge in [0.05, 0.1) is 34.5 Å². The number of fused-ring (bicyclic) bond motifs is 11. The van der Waals surface area contributed by atoms with E-state index in [0.717, 1.165) is 58.9 Å². The Labute approximate surface area is 335 Å². The summed E-state index contributed by atoms with van der Waals surface area (Å²) in [4.78, 5) is 28.0. The van der Waals surface area contributed by atoms with Gasteiger partial charge in [0.2, 0.25) is 0 Å². The van der Waals surface area contributed by atoms with E-state index < -0.39 is 34.9 Å². The van der Waals surface area contributed by atoms with E-state index in [2.05, 4.69) is 69.3 Å². The number of rotatable bonds is 5. The summed E-state index contributed by atoms with van der Waals surface area (Å²) >= 11 is 0. The molecule has 0 saturated heterocycles. The van der Waals surface area contributed by atoms with Crippen LogP contribution in [0.4, 0.5) is 10.1 Å². The first kappa shape index (κ1) is 38.4. The number of hydrogen-bond acceptors (Lipinski definition) is 5. The zero-order valence-corrected chi connectivity index (χ0v) is 34.8. The van der Waals surface area contributed by atoms with E-state index in [4.69, 9.17) is 4.74 Å². The number of ether oxygens (including phenoxy) is 1. The average molecular weight is 773 g/mol. The molecule has 0 radical (unpaired) electrons. The minimum absolute atomic E-state index is 0.0143. The second-order valence-corrected chi connectivity index (χ2v) is 20.0. The summed E-state index contributed by atoms with van der Waals surface area (Å²) in [6, 6.07) is 7.44. The van der Waals surface area contributed by atoms with Crippen LogP contribution in [-0.4, -0.2) is 43.8 Å². The Morgan fingerprint density at radius 2 is 1.74 bits per heavy atom. The van der Waals surface area contributed by atoms with Crippen LogP contribution in [0.3, 0.4) is 0 Å². The van der Waals surface area contributed by atoms with Crippen LogP contribution >= 0.6 is 0 Å². The molecule has 9 atom stereocenters. The number of nitrogens with one attached hydrogen (secondary N) is 1. The van der Waals surface area contributed by atoms with Gasteiger partial charge in [0.25, 0.3) is 5.91 Å². The largest absolute Gasteiger partial charge is 0.392 e. The molecule has 3 heterocycles. The molecule has 2 fully saturated rings. The van der Waals surface area contributed by atoms with Gasteiger partial charge in [0.15, 0.2) is 5.78 Å². The van der Waals surface area contributed by atoms with Gasteiger partial charge in [-0.25, -0.2) is 4.39 Å². The number of amides is 1. The molecule has 0 spiro atoms. The van der Waals surface area contributed by atoms with E-state index in [-0.39, 0.29) is 40.2 Å². The van der Waals surface area contributed by atoms with Crippen LogP contribution < -0.4 is 5.32 Å². The number of carbonyl (C=O) groups excluding carboxylic acids is 2. The summed E-state index contributed by atoms with van der Waals surface area (Å²) in [5, 5.41) is 28.1. The van der Waals surface area contributed by atoms with Gasteiger partial charge in [0.1, 0.15) is 11.9 Å². The first-order chi connectivity index (χ1) is 26.7. The summed E-state index contributed by atoms with van der Waals surface area (Å²) in [7, 11) is 0. The monoisotopic (exact) mass is 772 g/mol. The van der Waals surface area contributed by atoms with Crippen molar-refractivity contribution in [1.82, 2.24) is 4.57 Å². The van der Waals surface area contributed by atoms with Gasteiger partial charge in [-0.05, 0) is 144 Å². The Hall–Kier alpha value is -4.11. The molecule has 1 aromatic heterocycles. The first-order valence-electron chi connectivity index (χ1n) is 20.8. The van der Waals surface area contributed by atoms with Crippen molar-refractivity contribution in [3.05, 3.63) is 106 Å². The average Bonchev–Trinajstić information content (AvgIpc) is 3.80. The van der Waals surface area contributed by atoms with Crippen molar-refractivity contribution < 1.29 is 28.9 Å². The molecule has 0 bridgehead atoms. The fourth-order valence-electron chi connectivity index (χ4n) is 13.3. The van der Waals surface area contributed by atoms with Crippen molar-refractivity contribution >= 4 is 33.9 Å². The number of carbonyl (C=O) groups is 2. The number of ketones is 1. The lowest BCUT2D eigenvalue weighted by Crippen LogP contribution is -2.62. The van der Waals surface area contributed by atoms with Gasteiger partial charge in [-0.2, -0.15) is 0 Å². The molecule has 0 unspecified atom stereocenters. The SMILES string of the molecule is C=C(C)[C@H]1C(=O)c2c3c(cc4c5c(n1c24)[C@@]1(C)[C@@H](CC[C@H]2[C@](C)(/C=C/C=C(\C)C(=O)Nc4ccc(F)cc4)[C@@H](O)CC[C@@]21C)C5)C1=CC(C)(C)OC(C)(C)[C@H]1[C@@H]3O. The van der Waals surface area contributed by atoms with Gasteiger partial charge in [-0.3, -0.25) is 9.59 Å². The van der Waals surface area contributed by atoms with E-state index in [1.807, 2.05) is 26.8 Å². The number of aliphatic hydroxyl groups excluding tert-OH is 2. The highest BCUT2D eigenvalue weighted by Gasteiger charge is 2.67. The molecule has 2 aromatic carbocycles. The second kappa shape index (κ2) is 12.2. The van der Waals surface area contributed by atoms with Crippen LogP contribution in [-0.2, 0) is 21.4 Å². The predicted molar refractivity (Wildman–Crippen MR) is 222 cm³/mol. The van der Waals surface area contributed by atoms with Crippen molar-refractivity contribution in [2.45, 2.75) is 129 Å². The molecule has 8 heteroatoms. The highest BCUT2D eigenvalue weighted by Crippen LogP contribution is 2.71. The molecule has 57 heavy (non-hydrogen) atoms. The molecule has 7 nitrogen and oxygen atoms in total. The third-order valence-electron chi connectivity index (χ3n) is 15.9. The number of benzene rings is 2. The standard InChI is InChI=1S/C49H57FN2O5/c1-25(2)39-42(55)37-36-30(33-24-45(4,5)57-46(6,7)38(33)41(36)54)23-31-32-22-27-13-18-34-47(8,20-11-12-26(3)44(56)51-29-16-14-28(50)15-17-29)35(53)19-21-48(34,9)49(27,10)43(32)52(39)40(31)37/h11-12,14-17,20,23-24,27,34-35,38-39,41,53-54H,1,13,18-19,21-22H2,2-10H3,(H,51,56)/b20-11+,26-12+/t27-,34-,35-,38+,39-,41+,47-,48-,49+/m0/s1. The Balaban J connectivity index is 1.15. The Morgan fingerprint density at radius 3 is 2.42 bits per heavy atom. The Bertz CT molecular complexity index is 2400. The van der Waals surface area contributed by atoms with Crippen LogP contribution in [0.15, 0.2) is 72.4 Å². The van der Waals surface area contributed by atoms with E-state index in [0.29, 0.717) is 29.2 Å². The molecule has 1 amide bonds. The van der Waals surface area contributed by atoms with Crippen molar-refractivity contribution in [3.63, 3.8) is 0 Å². The number of anilines is 1. The molecule has 2 aliphatic heterocycles. The number of hydrogen-bond donors (Lipinski definition) is 3. The summed E-state index contributed by atoms with van der Waals surface area (Å²) < 4.78 is 22.3. The summed E-state index contributed by atoms with van der Waals surface area (Å²) in [5.74, 6) is -0.435. The highest BCUT2D eigenvalue weighted by molar-refractivity contribution is 6.18. The van der Waals surface area contributed by atoms with Gasteiger partial charge >= 0.3 is 0 Å². The maximum Gasteiger partial charge on any atom is 0.251 e. The number of halogens is 1. The molecular weight excluding hydrogens is 716 g/mol. The smallest absolute Gasteiger partial charge is 0.251 e. The number of allylic oxidation sites excluding steroid dienone is 3. The highest BCUT2D eigenvalue weighted by atomic mass is 19.1. The van der Waals surface area contributed by atoms with Gasteiger partial charge in [-0.15, -0.1) is 0 Å². The number of aromatic nitrogens is 1. The van der Waals surface area contributed by atoms with Crippen LogP contribution in [0.1, 0.15) is 133 Å². The first-order valence-corrected chi connectivity index (χ1v) is 20.8. The van der Waals surface area contributed by atoms with Crippen LogP contribution in [0.5, 0.6) is 0 Å². The maximum absolute atomic E-state index is 15.0. The normalized spacial score (nSPS) is 35.8. The number of nitrogens with zero attached hydrogens (tertiary/aromatic N) is 1. The molecule has 300 valence electrons. The zero-order chi connectivity index (χ0) is 40.9. The fraction of sp³-hybridized carbons (Fsp3) is 0.510. The van der Waals surface area contributed by atoms with Crippen LogP contribution in [0.2, 0.25) is 0 Å². The van der Waals surface area contributed by atoms with E-state index >= 15 is 0 Å². The van der Waals surface area contributed by atoms with Crippen molar-refractivity contribution in [1.29, 1.82) is 0 Å². The number of Topliss-reactive ketones (excluding diaryl/α,β-unsaturated/α-hetero) is 1. The molecule has 9 rings (SSSR count). The van der Waals surface area contributed by atoms with E-state index in [1.165, 1.54) is 35.5 Å². The summed E-state index contributed by atoms with van der Waals surface area (Å²) in [6.45, 7) is 23.4. The molecule has 4 aliphatic carbocycles. The molecular formula is C49H57FN2O5. The fourth-order valence-corrected chi connectivity index (χ4v) is 13.3. The lowest BCUT2D eigenvalue weighted by molar-refractivity contribution is -0.144. The minimum atomic E-state index is -0.873. The lowest BCUT2D eigenvalue weighted by Gasteiger charge is -2.64. The predicted octanol–water partition coefficient (Wildman–Crippen LogP) is 9.88. The van der Waals surface area contributed by atoms with E-state index in [9.17, 15) is 24.2 Å². The molecule has 6 aliphatic rings. The van der Waals surface area contributed by atoms with Gasteiger partial charge in [-0.1, -0.05) is 51.2 Å². The topological polar surface area (TPSA) is 101 Å². The minimum Gasteiger partial charge on any atom is -0.392 e. The molecule has 3 aromatic rings. The zero-order valence-electron chi connectivity index (χ0n) is 34.8. The van der Waals surface area contributed by atoms with Gasteiger partial charge < -0.3 is 24.8 Å². The Kier molecular flexibility index (Phi) is 8.23. The second-order valence-electron chi connectivity index (χ2n) is 20.0. The summed E-state index contributed by atoms with van der Waals surface area (Å²) in [5.41, 5.74) is 6.45. The van der Waals surface area contributed by atoms with Crippen LogP contribution in [0.25, 0.3) is 16.5 Å².